The van der Waals surface area contributed by atoms with Gasteiger partial charge in [-0.15, -0.1) is 0 Å². The van der Waals surface area contributed by atoms with Crippen LogP contribution in [0, 0.1) is 6.92 Å². The number of ether oxygens (including phenoxy) is 1. The fraction of sp³-hybridized carbons (Fsp3) is 0.154. The number of amides is 2. The molecule has 32 heavy (non-hydrogen) atoms. The summed E-state index contributed by atoms with van der Waals surface area (Å²) < 4.78 is 5.46. The number of carbonyl (C=O) groups is 2. The van der Waals surface area contributed by atoms with Gasteiger partial charge in [-0.25, -0.2) is 4.90 Å². The van der Waals surface area contributed by atoms with Crippen LogP contribution in [-0.4, -0.2) is 30.9 Å². The Bertz CT molecular complexity index is 1200. The van der Waals surface area contributed by atoms with Gasteiger partial charge in [0.1, 0.15) is 11.4 Å². The predicted octanol–water partition coefficient (Wildman–Crippen LogP) is 5.07. The van der Waals surface area contributed by atoms with Gasteiger partial charge in [0.05, 0.1) is 18.4 Å². The van der Waals surface area contributed by atoms with Crippen molar-refractivity contribution in [2.75, 3.05) is 19.1 Å². The van der Waals surface area contributed by atoms with E-state index in [1.165, 1.54) is 12.0 Å². The van der Waals surface area contributed by atoms with E-state index in [1.807, 2.05) is 55.3 Å². The van der Waals surface area contributed by atoms with Crippen molar-refractivity contribution in [3.8, 4) is 5.75 Å². The zero-order valence-electron chi connectivity index (χ0n) is 18.1. The highest BCUT2D eigenvalue weighted by atomic mass is 35.5. The van der Waals surface area contributed by atoms with Crippen LogP contribution in [0.1, 0.15) is 16.7 Å². The predicted molar refractivity (Wildman–Crippen MR) is 127 cm³/mol. The Kier molecular flexibility index (Phi) is 6.01. The number of hydrogen-bond donors (Lipinski definition) is 0. The van der Waals surface area contributed by atoms with E-state index >= 15 is 0 Å². The highest BCUT2D eigenvalue weighted by molar-refractivity contribution is 6.45. The van der Waals surface area contributed by atoms with Gasteiger partial charge in [0.2, 0.25) is 0 Å². The summed E-state index contributed by atoms with van der Waals surface area (Å²) in [4.78, 5) is 30.4. The van der Waals surface area contributed by atoms with Crippen LogP contribution in [0.2, 0.25) is 5.02 Å². The molecule has 0 bridgehead atoms. The van der Waals surface area contributed by atoms with Crippen molar-refractivity contribution in [2.24, 2.45) is 0 Å². The molecule has 5 nitrogen and oxygen atoms in total. The van der Waals surface area contributed by atoms with Crippen molar-refractivity contribution in [1.82, 2.24) is 4.90 Å². The van der Waals surface area contributed by atoms with Crippen LogP contribution >= 0.6 is 11.6 Å². The number of aryl methyl sites for hydroxylation is 1. The number of benzene rings is 3. The Labute approximate surface area is 192 Å². The first-order valence-electron chi connectivity index (χ1n) is 10.2. The van der Waals surface area contributed by atoms with Crippen LogP contribution in [0.3, 0.4) is 0 Å². The van der Waals surface area contributed by atoms with Crippen LogP contribution in [0.25, 0.3) is 5.57 Å². The fourth-order valence-corrected chi connectivity index (χ4v) is 4.00. The maximum Gasteiger partial charge on any atom is 0.282 e. The first kappa shape index (κ1) is 21.7. The summed E-state index contributed by atoms with van der Waals surface area (Å²) in [6, 6.07) is 22.2. The van der Waals surface area contributed by atoms with Gasteiger partial charge < -0.3 is 9.64 Å². The zero-order chi connectivity index (χ0) is 22.8. The van der Waals surface area contributed by atoms with Crippen molar-refractivity contribution in [1.29, 1.82) is 0 Å². The van der Waals surface area contributed by atoms with Crippen molar-refractivity contribution in [2.45, 2.75) is 13.5 Å². The molecule has 0 fully saturated rings. The molecule has 1 aliphatic heterocycles. The molecule has 3 aromatic rings. The molecule has 6 heteroatoms. The lowest BCUT2D eigenvalue weighted by Crippen LogP contribution is -2.34. The molecule has 4 rings (SSSR count). The van der Waals surface area contributed by atoms with E-state index < -0.39 is 5.91 Å². The third-order valence-electron chi connectivity index (χ3n) is 5.41. The van der Waals surface area contributed by atoms with E-state index in [0.717, 1.165) is 11.1 Å². The second-order valence-electron chi connectivity index (χ2n) is 7.69. The van der Waals surface area contributed by atoms with Gasteiger partial charge >= 0.3 is 0 Å². The second kappa shape index (κ2) is 8.89. The van der Waals surface area contributed by atoms with E-state index in [-0.39, 0.29) is 5.91 Å². The molecule has 162 valence electrons. The van der Waals surface area contributed by atoms with Crippen molar-refractivity contribution >= 4 is 34.7 Å². The lowest BCUT2D eigenvalue weighted by atomic mass is 10.0. The topological polar surface area (TPSA) is 49.9 Å². The summed E-state index contributed by atoms with van der Waals surface area (Å²) in [7, 11) is 3.34. The van der Waals surface area contributed by atoms with Crippen LogP contribution in [-0.2, 0) is 16.1 Å². The number of rotatable bonds is 6. The maximum absolute atomic E-state index is 13.7. The first-order chi connectivity index (χ1) is 15.4. The third kappa shape index (κ3) is 3.99. The Hall–Kier alpha value is -3.57. The molecule has 0 saturated carbocycles. The number of methoxy groups -OCH3 is 1. The van der Waals surface area contributed by atoms with Gasteiger partial charge in [-0.1, -0.05) is 60.1 Å². The summed E-state index contributed by atoms with van der Waals surface area (Å²) in [5, 5.41) is 0.558. The number of likely N-dealkylation sites (N-methyl/N-ethyl adjacent to an activating group) is 1. The van der Waals surface area contributed by atoms with Gasteiger partial charge in [-0.2, -0.15) is 0 Å². The molecule has 2 amide bonds. The van der Waals surface area contributed by atoms with Gasteiger partial charge in [0.25, 0.3) is 11.8 Å². The average Bonchev–Trinajstić information content (AvgIpc) is 3.05. The minimum Gasteiger partial charge on any atom is -0.495 e. The largest absolute Gasteiger partial charge is 0.495 e. The molecule has 0 radical (unpaired) electrons. The summed E-state index contributed by atoms with van der Waals surface area (Å²) in [6.07, 6.45) is 0. The molecular formula is C26H23ClN2O3. The Morgan fingerprint density at radius 1 is 0.938 bits per heavy atom. The minimum atomic E-state index is -0.392. The third-order valence-corrected chi connectivity index (χ3v) is 5.66. The highest BCUT2D eigenvalue weighted by Crippen LogP contribution is 2.39. The monoisotopic (exact) mass is 446 g/mol. The fourth-order valence-electron chi connectivity index (χ4n) is 3.88. The molecule has 0 spiro atoms. The number of imide groups is 1. The minimum absolute atomic E-state index is 0.338. The molecule has 3 aromatic carbocycles. The number of carbonyl (C=O) groups excluding carboxylic acids is 2. The Morgan fingerprint density at radius 2 is 1.62 bits per heavy atom. The molecule has 0 aliphatic carbocycles. The summed E-state index contributed by atoms with van der Waals surface area (Å²) in [6.45, 7) is 2.38. The highest BCUT2D eigenvalue weighted by Gasteiger charge is 2.42. The number of nitrogens with zero attached hydrogens (tertiary/aromatic N) is 2. The number of anilines is 1. The van der Waals surface area contributed by atoms with E-state index in [9.17, 15) is 9.59 Å². The molecule has 0 N–H and O–H groups in total. The quantitative estimate of drug-likeness (QED) is 0.496. The summed E-state index contributed by atoms with van der Waals surface area (Å²) in [5.74, 6) is -0.321. The van der Waals surface area contributed by atoms with Gasteiger partial charge in [-0.05, 0) is 47.9 Å². The van der Waals surface area contributed by atoms with Crippen molar-refractivity contribution in [3.63, 3.8) is 0 Å². The van der Waals surface area contributed by atoms with Gasteiger partial charge in [0.15, 0.2) is 0 Å². The molecular weight excluding hydrogens is 424 g/mol. The number of halogens is 1. The number of hydrogen-bond acceptors (Lipinski definition) is 4. The Balaban J connectivity index is 1.83. The van der Waals surface area contributed by atoms with Crippen LogP contribution < -0.4 is 9.64 Å². The van der Waals surface area contributed by atoms with E-state index in [0.29, 0.717) is 39.8 Å². The Morgan fingerprint density at radius 3 is 2.28 bits per heavy atom. The van der Waals surface area contributed by atoms with Gasteiger partial charge in [-0.3, -0.25) is 9.59 Å². The average molecular weight is 447 g/mol. The normalized spacial score (nSPS) is 13.7. The molecule has 0 unspecified atom stereocenters. The van der Waals surface area contributed by atoms with Crippen LogP contribution in [0.5, 0.6) is 5.75 Å². The van der Waals surface area contributed by atoms with Crippen molar-refractivity contribution in [3.05, 3.63) is 100 Å². The van der Waals surface area contributed by atoms with E-state index in [4.69, 9.17) is 16.3 Å². The lowest BCUT2D eigenvalue weighted by Gasteiger charge is -2.22. The first-order valence-corrected chi connectivity index (χ1v) is 10.6. The standard InChI is InChI=1S/C26H23ClN2O3/c1-17-9-14-22(32-3)21(15-17)29-25(30)23(19-10-12-20(27)13-11-19)24(26(29)31)28(2)16-18-7-5-4-6-8-18/h4-15H,16H2,1-3H3. The van der Waals surface area contributed by atoms with E-state index in [2.05, 4.69) is 0 Å². The molecule has 0 saturated heterocycles. The van der Waals surface area contributed by atoms with E-state index in [1.54, 1.807) is 36.4 Å². The zero-order valence-corrected chi connectivity index (χ0v) is 18.9. The molecule has 0 aromatic heterocycles. The smallest absolute Gasteiger partial charge is 0.282 e. The second-order valence-corrected chi connectivity index (χ2v) is 8.13. The van der Waals surface area contributed by atoms with Crippen molar-refractivity contribution < 1.29 is 14.3 Å². The van der Waals surface area contributed by atoms with Gasteiger partial charge in [0, 0.05) is 18.6 Å². The molecule has 1 aliphatic rings. The summed E-state index contributed by atoms with van der Waals surface area (Å²) in [5.41, 5.74) is 3.69. The summed E-state index contributed by atoms with van der Waals surface area (Å²) >= 11 is 6.07. The maximum atomic E-state index is 13.7. The molecule has 1 heterocycles. The SMILES string of the molecule is COc1ccc(C)cc1N1C(=O)C(c2ccc(Cl)cc2)=C(N(C)Cc2ccccc2)C1=O. The van der Waals surface area contributed by atoms with Crippen LogP contribution in [0.15, 0.2) is 78.5 Å². The molecule has 0 atom stereocenters. The van der Waals surface area contributed by atoms with Crippen LogP contribution in [0.4, 0.5) is 5.69 Å². The lowest BCUT2D eigenvalue weighted by molar-refractivity contribution is -0.120.